The summed E-state index contributed by atoms with van der Waals surface area (Å²) >= 11 is 0. The molecule has 1 aromatic heterocycles. The molecule has 0 saturated heterocycles. The third-order valence-electron chi connectivity index (χ3n) is 3.98. The molecule has 0 spiro atoms. The Balaban J connectivity index is 2.87. The summed E-state index contributed by atoms with van der Waals surface area (Å²) in [6.07, 6.45) is 0.150. The van der Waals surface area contributed by atoms with E-state index in [-0.39, 0.29) is 35.0 Å². The normalized spacial score (nSPS) is 13.9. The van der Waals surface area contributed by atoms with Gasteiger partial charge in [0.05, 0.1) is 6.04 Å². The Kier molecular flexibility index (Phi) is 9.54. The van der Waals surface area contributed by atoms with Crippen LogP contribution in [0, 0.1) is 11.8 Å². The van der Waals surface area contributed by atoms with Crippen molar-refractivity contribution in [1.29, 1.82) is 0 Å². The van der Waals surface area contributed by atoms with Gasteiger partial charge in [-0.2, -0.15) is 13.2 Å². The van der Waals surface area contributed by atoms with Gasteiger partial charge in [0.25, 0.3) is 5.91 Å². The monoisotopic (exact) mass is 441 g/mol. The van der Waals surface area contributed by atoms with E-state index < -0.39 is 24.7 Å². The number of amides is 2. The van der Waals surface area contributed by atoms with Gasteiger partial charge >= 0.3 is 6.18 Å². The molecule has 10 heteroatoms. The van der Waals surface area contributed by atoms with Crippen LogP contribution in [0.25, 0.3) is 0 Å². The highest BCUT2D eigenvalue weighted by atomic mass is 19.4. The van der Waals surface area contributed by atoms with Crippen LogP contribution < -0.4 is 21.7 Å². The Hall–Kier alpha value is -3.04. The quantitative estimate of drug-likeness (QED) is 0.347. The predicted molar refractivity (Wildman–Crippen MR) is 114 cm³/mol. The number of anilines is 1. The lowest BCUT2D eigenvalue weighted by Gasteiger charge is -2.16. The molecule has 0 fully saturated rings. The van der Waals surface area contributed by atoms with Gasteiger partial charge in [0.15, 0.2) is 0 Å². The SMILES string of the molecule is CC(C)/C=C(\C=C(/N)NC(=O)C(C)C)C(=O)NC(C)c1ccc(NCC(F)(F)F)nc1. The minimum absolute atomic E-state index is 0.0431. The summed E-state index contributed by atoms with van der Waals surface area (Å²) in [5.74, 6) is -0.772. The van der Waals surface area contributed by atoms with Crippen LogP contribution in [0.4, 0.5) is 19.0 Å². The van der Waals surface area contributed by atoms with Gasteiger partial charge in [-0.05, 0) is 30.5 Å². The van der Waals surface area contributed by atoms with Crippen molar-refractivity contribution in [1.82, 2.24) is 15.6 Å². The average molecular weight is 441 g/mol. The molecule has 0 aliphatic rings. The Morgan fingerprint density at radius 3 is 2.29 bits per heavy atom. The molecule has 5 N–H and O–H groups in total. The van der Waals surface area contributed by atoms with E-state index in [1.165, 1.54) is 18.3 Å². The summed E-state index contributed by atoms with van der Waals surface area (Å²) in [6.45, 7) is 7.77. The van der Waals surface area contributed by atoms with E-state index in [1.54, 1.807) is 32.9 Å². The van der Waals surface area contributed by atoms with E-state index in [0.29, 0.717) is 5.56 Å². The Morgan fingerprint density at radius 2 is 1.81 bits per heavy atom. The number of aromatic nitrogens is 1. The summed E-state index contributed by atoms with van der Waals surface area (Å²) in [7, 11) is 0. The summed E-state index contributed by atoms with van der Waals surface area (Å²) in [4.78, 5) is 28.5. The summed E-state index contributed by atoms with van der Waals surface area (Å²) < 4.78 is 36.8. The molecule has 0 radical (unpaired) electrons. The Labute approximate surface area is 180 Å². The van der Waals surface area contributed by atoms with Crippen LogP contribution in [0.3, 0.4) is 0 Å². The highest BCUT2D eigenvalue weighted by molar-refractivity contribution is 5.96. The standard InChI is InChI=1S/C21H30F3N5O2/c1-12(2)8-16(9-17(25)29-19(30)13(3)4)20(31)28-14(5)15-6-7-18(26-10-15)27-11-21(22,23)24/h6-10,12-14H,11,25H2,1-5H3,(H,26,27)(H,28,31)(H,29,30)/b16-8+,17-9+. The first-order valence-electron chi connectivity index (χ1n) is 9.85. The van der Waals surface area contributed by atoms with Crippen molar-refractivity contribution in [3.63, 3.8) is 0 Å². The predicted octanol–water partition coefficient (Wildman–Crippen LogP) is 3.39. The van der Waals surface area contributed by atoms with Crippen LogP contribution in [-0.2, 0) is 9.59 Å². The largest absolute Gasteiger partial charge is 0.405 e. The number of pyridine rings is 1. The van der Waals surface area contributed by atoms with Gasteiger partial charge in [-0.1, -0.05) is 39.8 Å². The third kappa shape index (κ3) is 10.0. The zero-order chi connectivity index (χ0) is 23.8. The van der Waals surface area contributed by atoms with Crippen LogP contribution in [0.2, 0.25) is 0 Å². The minimum atomic E-state index is -4.34. The first kappa shape index (κ1) is 26.0. The molecule has 0 saturated carbocycles. The smallest absolute Gasteiger partial charge is 0.385 e. The molecule has 1 unspecified atom stereocenters. The van der Waals surface area contributed by atoms with Crippen LogP contribution in [-0.4, -0.2) is 29.5 Å². The van der Waals surface area contributed by atoms with Crippen LogP contribution in [0.1, 0.15) is 46.2 Å². The van der Waals surface area contributed by atoms with Crippen LogP contribution >= 0.6 is 0 Å². The number of alkyl halides is 3. The maximum absolute atomic E-state index is 12.7. The van der Waals surface area contributed by atoms with Gasteiger partial charge in [0.2, 0.25) is 5.91 Å². The zero-order valence-corrected chi connectivity index (χ0v) is 18.3. The number of nitrogens with one attached hydrogen (secondary N) is 3. The number of rotatable bonds is 9. The minimum Gasteiger partial charge on any atom is -0.385 e. The van der Waals surface area contributed by atoms with Crippen molar-refractivity contribution in [3.8, 4) is 0 Å². The average Bonchev–Trinajstić information content (AvgIpc) is 2.65. The molecule has 2 amide bonds. The molecule has 0 aliphatic carbocycles. The van der Waals surface area contributed by atoms with Crippen molar-refractivity contribution in [2.45, 2.75) is 46.8 Å². The number of carbonyl (C=O) groups is 2. The van der Waals surface area contributed by atoms with Gasteiger partial charge in [-0.25, -0.2) is 4.98 Å². The second-order valence-corrected chi connectivity index (χ2v) is 7.75. The van der Waals surface area contributed by atoms with Gasteiger partial charge in [-0.3, -0.25) is 9.59 Å². The van der Waals surface area contributed by atoms with Crippen molar-refractivity contribution >= 4 is 17.6 Å². The number of allylic oxidation sites excluding steroid dienone is 1. The molecule has 0 aromatic carbocycles. The summed E-state index contributed by atoms with van der Waals surface area (Å²) in [5, 5.41) is 7.52. The second-order valence-electron chi connectivity index (χ2n) is 7.75. The van der Waals surface area contributed by atoms with E-state index >= 15 is 0 Å². The van der Waals surface area contributed by atoms with Gasteiger partial charge in [-0.15, -0.1) is 0 Å². The highest BCUT2D eigenvalue weighted by Gasteiger charge is 2.26. The topological polar surface area (TPSA) is 109 Å². The fourth-order valence-corrected chi connectivity index (χ4v) is 2.36. The number of hydrogen-bond donors (Lipinski definition) is 4. The number of halogens is 3. The molecule has 0 aliphatic heterocycles. The Bertz CT molecular complexity index is 815. The third-order valence-corrected chi connectivity index (χ3v) is 3.98. The van der Waals surface area contributed by atoms with E-state index in [4.69, 9.17) is 5.73 Å². The zero-order valence-electron chi connectivity index (χ0n) is 18.3. The number of carbonyl (C=O) groups excluding carboxylic acids is 2. The summed E-state index contributed by atoms with van der Waals surface area (Å²) in [6, 6.07) is 2.52. The van der Waals surface area contributed by atoms with E-state index in [0.717, 1.165) is 0 Å². The molecule has 1 aromatic rings. The first-order valence-corrected chi connectivity index (χ1v) is 9.85. The van der Waals surface area contributed by atoms with Gasteiger partial charge < -0.3 is 21.7 Å². The highest BCUT2D eigenvalue weighted by Crippen LogP contribution is 2.18. The maximum Gasteiger partial charge on any atom is 0.405 e. The lowest BCUT2D eigenvalue weighted by atomic mass is 10.1. The molecule has 31 heavy (non-hydrogen) atoms. The Morgan fingerprint density at radius 1 is 1.16 bits per heavy atom. The van der Waals surface area contributed by atoms with Crippen molar-refractivity contribution in [2.75, 3.05) is 11.9 Å². The molecule has 1 rings (SSSR count). The molecule has 0 bridgehead atoms. The molecule has 1 atom stereocenters. The van der Waals surface area contributed by atoms with Gasteiger partial charge in [0.1, 0.15) is 18.2 Å². The van der Waals surface area contributed by atoms with Crippen molar-refractivity contribution < 1.29 is 22.8 Å². The first-order chi connectivity index (χ1) is 14.3. The lowest BCUT2D eigenvalue weighted by Crippen LogP contribution is -2.32. The number of nitrogens with zero attached hydrogens (tertiary/aromatic N) is 1. The number of nitrogens with two attached hydrogens (primary N) is 1. The van der Waals surface area contributed by atoms with Gasteiger partial charge in [0, 0.05) is 17.7 Å². The van der Waals surface area contributed by atoms with Crippen LogP contribution in [0.5, 0.6) is 0 Å². The molecular weight excluding hydrogens is 411 g/mol. The van der Waals surface area contributed by atoms with E-state index in [1.807, 2.05) is 13.8 Å². The van der Waals surface area contributed by atoms with Crippen molar-refractivity contribution in [3.05, 3.63) is 47.4 Å². The molecular formula is C21H30F3N5O2. The summed E-state index contributed by atoms with van der Waals surface area (Å²) in [5.41, 5.74) is 6.74. The number of hydrogen-bond acceptors (Lipinski definition) is 5. The molecule has 7 nitrogen and oxygen atoms in total. The fraction of sp³-hybridized carbons (Fsp3) is 0.476. The van der Waals surface area contributed by atoms with E-state index in [2.05, 4.69) is 20.9 Å². The van der Waals surface area contributed by atoms with E-state index in [9.17, 15) is 22.8 Å². The van der Waals surface area contributed by atoms with Crippen LogP contribution in [0.15, 0.2) is 41.9 Å². The fourth-order valence-electron chi connectivity index (χ4n) is 2.36. The van der Waals surface area contributed by atoms with Crippen molar-refractivity contribution in [2.24, 2.45) is 17.6 Å². The molecule has 172 valence electrons. The lowest BCUT2D eigenvalue weighted by molar-refractivity contribution is -0.123. The maximum atomic E-state index is 12.7. The second kappa shape index (κ2) is 11.4. The molecule has 1 heterocycles.